The van der Waals surface area contributed by atoms with Crippen LogP contribution >= 0.6 is 0 Å². The van der Waals surface area contributed by atoms with Crippen LogP contribution in [0, 0.1) is 11.2 Å². The minimum atomic E-state index is -0.171. The molecule has 1 fully saturated rings. The van der Waals surface area contributed by atoms with E-state index in [1.54, 1.807) is 6.07 Å². The Morgan fingerprint density at radius 3 is 2.50 bits per heavy atom. The van der Waals surface area contributed by atoms with Gasteiger partial charge in [-0.15, -0.1) is 0 Å². The molecule has 0 bridgehead atoms. The minimum Gasteiger partial charge on any atom is -0.326 e. The monoisotopic (exact) mass is 278 g/mol. The summed E-state index contributed by atoms with van der Waals surface area (Å²) in [6, 6.07) is 5.54. The van der Waals surface area contributed by atoms with Crippen molar-refractivity contribution in [3.8, 4) is 0 Å². The van der Waals surface area contributed by atoms with Crippen molar-refractivity contribution in [2.24, 2.45) is 11.1 Å². The van der Waals surface area contributed by atoms with Gasteiger partial charge in [0.15, 0.2) is 0 Å². The fourth-order valence-corrected chi connectivity index (χ4v) is 3.16. The van der Waals surface area contributed by atoms with Gasteiger partial charge in [-0.05, 0) is 61.4 Å². The summed E-state index contributed by atoms with van der Waals surface area (Å²) in [5.74, 6) is -0.171. The molecule has 1 aromatic carbocycles. The molecule has 20 heavy (non-hydrogen) atoms. The second kappa shape index (κ2) is 6.23. The SMILES string of the molecule is CN(Cc1cc(F)ccc1CN)C1CCC(C)(C)CC1. The van der Waals surface area contributed by atoms with Gasteiger partial charge in [-0.3, -0.25) is 4.90 Å². The average Bonchev–Trinajstić information content (AvgIpc) is 2.38. The third-order valence-electron chi connectivity index (χ3n) is 4.74. The highest BCUT2D eigenvalue weighted by Crippen LogP contribution is 2.36. The lowest BCUT2D eigenvalue weighted by Gasteiger charge is -2.38. The van der Waals surface area contributed by atoms with Gasteiger partial charge in [-0.2, -0.15) is 0 Å². The summed E-state index contributed by atoms with van der Waals surface area (Å²) in [6.07, 6.45) is 5.01. The molecule has 0 spiro atoms. The van der Waals surface area contributed by atoms with Gasteiger partial charge in [-0.25, -0.2) is 4.39 Å². The number of benzene rings is 1. The molecule has 0 radical (unpaired) electrons. The smallest absolute Gasteiger partial charge is 0.123 e. The second-order valence-corrected chi connectivity index (χ2v) is 6.93. The van der Waals surface area contributed by atoms with Crippen molar-refractivity contribution in [3.63, 3.8) is 0 Å². The van der Waals surface area contributed by atoms with Crippen molar-refractivity contribution in [2.45, 2.75) is 58.7 Å². The van der Waals surface area contributed by atoms with Crippen LogP contribution in [0.4, 0.5) is 4.39 Å². The first-order valence-electron chi connectivity index (χ1n) is 7.59. The third kappa shape index (κ3) is 3.80. The Hall–Kier alpha value is -0.930. The molecule has 0 amide bonds. The first kappa shape index (κ1) is 15.5. The Kier molecular flexibility index (Phi) is 4.82. The van der Waals surface area contributed by atoms with Crippen LogP contribution in [0.25, 0.3) is 0 Å². The number of rotatable bonds is 4. The molecular formula is C17H27FN2. The maximum atomic E-state index is 13.4. The molecule has 2 nitrogen and oxygen atoms in total. The van der Waals surface area contributed by atoms with Gasteiger partial charge in [-0.1, -0.05) is 19.9 Å². The van der Waals surface area contributed by atoms with E-state index in [-0.39, 0.29) is 5.82 Å². The second-order valence-electron chi connectivity index (χ2n) is 6.93. The van der Waals surface area contributed by atoms with E-state index in [1.165, 1.54) is 31.7 Å². The van der Waals surface area contributed by atoms with E-state index in [1.807, 2.05) is 6.07 Å². The van der Waals surface area contributed by atoms with Crippen LogP contribution in [-0.4, -0.2) is 18.0 Å². The molecule has 0 aromatic heterocycles. The molecule has 0 saturated heterocycles. The van der Waals surface area contributed by atoms with Gasteiger partial charge in [0.2, 0.25) is 0 Å². The summed E-state index contributed by atoms with van der Waals surface area (Å²) in [5, 5.41) is 0. The zero-order chi connectivity index (χ0) is 14.8. The first-order chi connectivity index (χ1) is 9.41. The Labute approximate surface area is 122 Å². The van der Waals surface area contributed by atoms with E-state index in [4.69, 9.17) is 5.73 Å². The van der Waals surface area contributed by atoms with Crippen LogP contribution in [0.2, 0.25) is 0 Å². The van der Waals surface area contributed by atoms with Gasteiger partial charge < -0.3 is 5.73 Å². The van der Waals surface area contributed by atoms with E-state index in [0.29, 0.717) is 18.0 Å². The molecule has 3 heteroatoms. The summed E-state index contributed by atoms with van der Waals surface area (Å²) in [6.45, 7) is 5.96. The van der Waals surface area contributed by atoms with Gasteiger partial charge in [0, 0.05) is 19.1 Å². The van der Waals surface area contributed by atoms with Crippen molar-refractivity contribution < 1.29 is 4.39 Å². The van der Waals surface area contributed by atoms with E-state index in [9.17, 15) is 4.39 Å². The Balaban J connectivity index is 2.01. The van der Waals surface area contributed by atoms with Crippen LogP contribution in [0.3, 0.4) is 0 Å². The van der Waals surface area contributed by atoms with Gasteiger partial charge in [0.05, 0.1) is 0 Å². The average molecular weight is 278 g/mol. The van der Waals surface area contributed by atoms with Crippen LogP contribution < -0.4 is 5.73 Å². The van der Waals surface area contributed by atoms with Crippen LogP contribution in [0.1, 0.15) is 50.7 Å². The summed E-state index contributed by atoms with van der Waals surface area (Å²) in [4.78, 5) is 2.36. The Bertz CT molecular complexity index is 446. The molecule has 0 atom stereocenters. The largest absolute Gasteiger partial charge is 0.326 e. The fourth-order valence-electron chi connectivity index (χ4n) is 3.16. The molecule has 1 aromatic rings. The number of hydrogen-bond donors (Lipinski definition) is 1. The third-order valence-corrected chi connectivity index (χ3v) is 4.74. The van der Waals surface area contributed by atoms with Crippen LogP contribution in [0.5, 0.6) is 0 Å². The van der Waals surface area contributed by atoms with Crippen molar-refractivity contribution >= 4 is 0 Å². The normalized spacial score (nSPS) is 19.5. The molecular weight excluding hydrogens is 251 g/mol. The Morgan fingerprint density at radius 1 is 1.25 bits per heavy atom. The zero-order valence-electron chi connectivity index (χ0n) is 13.0. The molecule has 112 valence electrons. The van der Waals surface area contributed by atoms with Crippen molar-refractivity contribution in [1.82, 2.24) is 4.90 Å². The lowest BCUT2D eigenvalue weighted by atomic mass is 9.75. The fraction of sp³-hybridized carbons (Fsp3) is 0.647. The predicted molar refractivity (Wildman–Crippen MR) is 81.8 cm³/mol. The lowest BCUT2D eigenvalue weighted by Crippen LogP contribution is -2.37. The topological polar surface area (TPSA) is 29.3 Å². The number of nitrogens with zero attached hydrogens (tertiary/aromatic N) is 1. The number of hydrogen-bond acceptors (Lipinski definition) is 2. The highest BCUT2D eigenvalue weighted by Gasteiger charge is 2.28. The Morgan fingerprint density at radius 2 is 1.90 bits per heavy atom. The van der Waals surface area contributed by atoms with Crippen LogP contribution in [0.15, 0.2) is 18.2 Å². The van der Waals surface area contributed by atoms with E-state index < -0.39 is 0 Å². The van der Waals surface area contributed by atoms with Crippen LogP contribution in [-0.2, 0) is 13.1 Å². The zero-order valence-corrected chi connectivity index (χ0v) is 13.0. The lowest BCUT2D eigenvalue weighted by molar-refractivity contribution is 0.123. The molecule has 1 aliphatic carbocycles. The van der Waals surface area contributed by atoms with Gasteiger partial charge in [0.1, 0.15) is 5.82 Å². The van der Waals surface area contributed by atoms with Gasteiger partial charge in [0.25, 0.3) is 0 Å². The summed E-state index contributed by atoms with van der Waals surface area (Å²) < 4.78 is 13.4. The molecule has 1 aliphatic rings. The van der Waals surface area contributed by atoms with Crippen molar-refractivity contribution in [3.05, 3.63) is 35.1 Å². The predicted octanol–water partition coefficient (Wildman–Crippen LogP) is 3.69. The molecule has 0 unspecified atom stereocenters. The highest BCUT2D eigenvalue weighted by atomic mass is 19.1. The van der Waals surface area contributed by atoms with Crippen molar-refractivity contribution in [1.29, 1.82) is 0 Å². The summed E-state index contributed by atoms with van der Waals surface area (Å²) in [7, 11) is 2.15. The highest BCUT2D eigenvalue weighted by molar-refractivity contribution is 5.27. The molecule has 2 N–H and O–H groups in total. The maximum Gasteiger partial charge on any atom is 0.123 e. The molecule has 0 heterocycles. The molecule has 2 rings (SSSR count). The molecule has 0 aliphatic heterocycles. The maximum absolute atomic E-state index is 13.4. The van der Waals surface area contributed by atoms with E-state index >= 15 is 0 Å². The summed E-state index contributed by atoms with van der Waals surface area (Å²) in [5.41, 5.74) is 8.31. The first-order valence-corrected chi connectivity index (χ1v) is 7.59. The standard InChI is InChI=1S/C17H27FN2/c1-17(2)8-6-16(7-9-17)20(3)12-14-10-15(18)5-4-13(14)11-19/h4-5,10,16H,6-9,11-12,19H2,1-3H3. The van der Waals surface area contributed by atoms with E-state index in [2.05, 4.69) is 25.8 Å². The van der Waals surface area contributed by atoms with Crippen molar-refractivity contribution in [2.75, 3.05) is 7.05 Å². The quantitative estimate of drug-likeness (QED) is 0.910. The summed E-state index contributed by atoms with van der Waals surface area (Å²) >= 11 is 0. The number of halogens is 1. The number of nitrogens with two attached hydrogens (primary N) is 1. The minimum absolute atomic E-state index is 0.171. The molecule has 1 saturated carbocycles. The van der Waals surface area contributed by atoms with E-state index in [0.717, 1.165) is 17.7 Å². The van der Waals surface area contributed by atoms with Gasteiger partial charge >= 0.3 is 0 Å².